The number of aromatic nitrogens is 2. The van der Waals surface area contributed by atoms with Gasteiger partial charge in [-0.3, -0.25) is 4.79 Å². The summed E-state index contributed by atoms with van der Waals surface area (Å²) in [5, 5.41) is 11.0. The van der Waals surface area contributed by atoms with Gasteiger partial charge < -0.3 is 19.2 Å². The van der Waals surface area contributed by atoms with Gasteiger partial charge in [0.25, 0.3) is 0 Å². The Morgan fingerprint density at radius 1 is 1.24 bits per heavy atom. The molecule has 0 amide bonds. The fourth-order valence-corrected chi connectivity index (χ4v) is 5.00. The molecule has 3 atom stereocenters. The molecule has 6 nitrogen and oxygen atoms in total. The van der Waals surface area contributed by atoms with Gasteiger partial charge in [-0.15, -0.1) is 0 Å². The molecule has 6 heteroatoms. The maximum Gasteiger partial charge on any atom is 0.200 e. The van der Waals surface area contributed by atoms with Crippen molar-refractivity contribution in [3.63, 3.8) is 0 Å². The highest BCUT2D eigenvalue weighted by Gasteiger charge is 2.36. The number of aryl methyl sites for hydroxylation is 1. The number of aliphatic hydroxyl groups is 1. The smallest absolute Gasteiger partial charge is 0.200 e. The SMILES string of the molecule is C=C(OC(C(=O)C(C)CCC(c1nc[nH]c1CCC)c1oc2ccccc2c1C1CC1)=C(C)C)C(C)O. The molecule has 3 unspecified atom stereocenters. The Bertz CT molecular complexity index is 1290. The number of aliphatic hydroxyl groups excluding tert-OH is 1. The molecular weight excluding hydrogens is 464 g/mol. The van der Waals surface area contributed by atoms with Crippen molar-refractivity contribution in [2.75, 3.05) is 0 Å². The molecule has 1 aromatic carbocycles. The van der Waals surface area contributed by atoms with Crippen LogP contribution >= 0.6 is 0 Å². The van der Waals surface area contributed by atoms with Crippen LogP contribution in [0, 0.1) is 5.92 Å². The van der Waals surface area contributed by atoms with Crippen LogP contribution in [0.1, 0.15) is 101 Å². The van der Waals surface area contributed by atoms with E-state index < -0.39 is 6.10 Å². The molecule has 2 heterocycles. The second-order valence-electron chi connectivity index (χ2n) is 10.6. The van der Waals surface area contributed by atoms with Crippen LogP contribution in [0.5, 0.6) is 0 Å². The van der Waals surface area contributed by atoms with E-state index in [-0.39, 0.29) is 29.1 Å². The third-order valence-corrected chi connectivity index (χ3v) is 7.26. The minimum Gasteiger partial charge on any atom is -0.460 e. The van der Waals surface area contributed by atoms with Crippen LogP contribution in [0.2, 0.25) is 0 Å². The number of Topliss-reactive ketones (excluding diaryl/α,β-unsaturated/α-hetero) is 1. The molecule has 1 aliphatic carbocycles. The molecule has 1 fully saturated rings. The Morgan fingerprint density at radius 3 is 2.62 bits per heavy atom. The molecule has 2 N–H and O–H groups in total. The van der Waals surface area contributed by atoms with E-state index in [4.69, 9.17) is 14.1 Å². The van der Waals surface area contributed by atoms with Gasteiger partial charge in [0.05, 0.1) is 17.9 Å². The number of fused-ring (bicyclic) bond motifs is 1. The van der Waals surface area contributed by atoms with Crippen LogP contribution in [0.15, 0.2) is 58.7 Å². The van der Waals surface area contributed by atoms with Gasteiger partial charge in [0.2, 0.25) is 5.78 Å². The summed E-state index contributed by atoms with van der Waals surface area (Å²) in [5.74, 6) is 1.55. The first-order chi connectivity index (χ1) is 17.7. The fourth-order valence-electron chi connectivity index (χ4n) is 5.00. The van der Waals surface area contributed by atoms with Crippen molar-refractivity contribution in [1.29, 1.82) is 0 Å². The molecule has 1 saturated carbocycles. The van der Waals surface area contributed by atoms with Gasteiger partial charge >= 0.3 is 0 Å². The number of hydrogen-bond donors (Lipinski definition) is 2. The van der Waals surface area contributed by atoms with Crippen molar-refractivity contribution in [2.45, 2.75) is 91.1 Å². The van der Waals surface area contributed by atoms with Gasteiger partial charge in [-0.05, 0) is 70.4 Å². The first-order valence-electron chi connectivity index (χ1n) is 13.5. The normalized spacial score (nSPS) is 15.8. The number of allylic oxidation sites excluding steroid dienone is 2. The number of ketones is 1. The number of nitrogens with zero attached hydrogens (tertiary/aromatic N) is 1. The van der Waals surface area contributed by atoms with E-state index in [2.05, 4.69) is 30.6 Å². The number of carbonyl (C=O) groups is 1. The van der Waals surface area contributed by atoms with Crippen molar-refractivity contribution >= 4 is 16.8 Å². The molecule has 1 aliphatic rings. The molecule has 0 bridgehead atoms. The lowest BCUT2D eigenvalue weighted by Gasteiger charge is -2.21. The number of furan rings is 1. The number of nitrogens with one attached hydrogen (secondary N) is 1. The number of ether oxygens (including phenoxy) is 1. The van der Waals surface area contributed by atoms with Gasteiger partial charge in [0.15, 0.2) is 5.76 Å². The van der Waals surface area contributed by atoms with Crippen LogP contribution < -0.4 is 0 Å². The van der Waals surface area contributed by atoms with Crippen LogP contribution in [0.4, 0.5) is 0 Å². The second kappa shape index (κ2) is 11.5. The lowest BCUT2D eigenvalue weighted by molar-refractivity contribution is -0.122. The van der Waals surface area contributed by atoms with E-state index in [1.807, 2.05) is 32.9 Å². The molecule has 0 aliphatic heterocycles. The van der Waals surface area contributed by atoms with Gasteiger partial charge in [0, 0.05) is 22.6 Å². The fraction of sp³-hybridized carbons (Fsp3) is 0.484. The first-order valence-corrected chi connectivity index (χ1v) is 13.5. The van der Waals surface area contributed by atoms with Gasteiger partial charge in [-0.25, -0.2) is 4.98 Å². The van der Waals surface area contributed by atoms with E-state index in [9.17, 15) is 9.90 Å². The van der Waals surface area contributed by atoms with Crippen LogP contribution in [0.3, 0.4) is 0 Å². The van der Waals surface area contributed by atoms with Crippen LogP contribution in [-0.2, 0) is 16.0 Å². The monoisotopic (exact) mass is 504 g/mol. The number of hydrogen-bond acceptors (Lipinski definition) is 5. The quantitative estimate of drug-likeness (QED) is 0.188. The average molecular weight is 505 g/mol. The van der Waals surface area contributed by atoms with Crippen molar-refractivity contribution < 1.29 is 19.1 Å². The van der Waals surface area contributed by atoms with Crippen molar-refractivity contribution in [1.82, 2.24) is 9.97 Å². The molecule has 4 rings (SSSR count). The molecule has 3 aromatic rings. The summed E-state index contributed by atoms with van der Waals surface area (Å²) in [7, 11) is 0. The number of benzene rings is 1. The first kappa shape index (κ1) is 26.9. The summed E-state index contributed by atoms with van der Waals surface area (Å²) in [6.45, 7) is 13.1. The maximum absolute atomic E-state index is 13.4. The number of carbonyl (C=O) groups excluding carboxylic acids is 1. The zero-order valence-electron chi connectivity index (χ0n) is 22.8. The van der Waals surface area contributed by atoms with Crippen molar-refractivity contribution in [3.05, 3.63) is 77.0 Å². The highest BCUT2D eigenvalue weighted by Crippen LogP contribution is 2.49. The predicted octanol–water partition coefficient (Wildman–Crippen LogP) is 7.31. The highest BCUT2D eigenvalue weighted by atomic mass is 16.5. The second-order valence-corrected chi connectivity index (χ2v) is 10.6. The maximum atomic E-state index is 13.4. The summed E-state index contributed by atoms with van der Waals surface area (Å²) < 4.78 is 12.3. The summed E-state index contributed by atoms with van der Waals surface area (Å²) >= 11 is 0. The molecule has 0 saturated heterocycles. The third-order valence-electron chi connectivity index (χ3n) is 7.26. The molecular formula is C31H40N2O4. The van der Waals surface area contributed by atoms with E-state index in [0.717, 1.165) is 47.6 Å². The summed E-state index contributed by atoms with van der Waals surface area (Å²) in [5.41, 5.74) is 5.14. The van der Waals surface area contributed by atoms with E-state index in [0.29, 0.717) is 12.3 Å². The Labute approximate surface area is 219 Å². The number of imidazole rings is 1. The number of H-pyrrole nitrogens is 1. The molecule has 0 radical (unpaired) electrons. The summed E-state index contributed by atoms with van der Waals surface area (Å²) in [4.78, 5) is 21.5. The standard InChI is InChI=1S/C31H40N2O4/c1-7-10-25-28(33-17-32-25)24(31-27(22-14-15-22)23-11-8-9-12-26(23)37-31)16-13-19(4)29(35)30(18(2)3)36-21(6)20(5)34/h8-9,11-12,17,19-20,22,24,34H,6-7,10,13-16H2,1-5H3,(H,32,33). The molecule has 37 heavy (non-hydrogen) atoms. The summed E-state index contributed by atoms with van der Waals surface area (Å²) in [6.07, 6.45) is 6.57. The zero-order valence-corrected chi connectivity index (χ0v) is 22.8. The largest absolute Gasteiger partial charge is 0.460 e. The van der Waals surface area contributed by atoms with E-state index in [1.54, 1.807) is 13.3 Å². The minimum atomic E-state index is -0.854. The zero-order chi connectivity index (χ0) is 26.7. The molecule has 0 spiro atoms. The van der Waals surface area contributed by atoms with Gasteiger partial charge in [0.1, 0.15) is 23.2 Å². The number of aromatic amines is 1. The summed E-state index contributed by atoms with van der Waals surface area (Å²) in [6, 6.07) is 8.28. The van der Waals surface area contributed by atoms with E-state index in [1.165, 1.54) is 23.8 Å². The molecule has 2 aromatic heterocycles. The Kier molecular flexibility index (Phi) is 8.38. The van der Waals surface area contributed by atoms with Gasteiger partial charge in [-0.2, -0.15) is 0 Å². The predicted molar refractivity (Wildman–Crippen MR) is 146 cm³/mol. The molecule has 198 valence electrons. The van der Waals surface area contributed by atoms with Crippen LogP contribution in [0.25, 0.3) is 11.0 Å². The Balaban J connectivity index is 1.65. The minimum absolute atomic E-state index is 0.0467. The third kappa shape index (κ3) is 5.90. The van der Waals surface area contributed by atoms with Crippen molar-refractivity contribution in [2.24, 2.45) is 5.92 Å². The lowest BCUT2D eigenvalue weighted by atomic mass is 9.86. The van der Waals surface area contributed by atoms with E-state index >= 15 is 0 Å². The Morgan fingerprint density at radius 2 is 1.97 bits per heavy atom. The average Bonchev–Trinajstić information content (AvgIpc) is 3.48. The Hall–Kier alpha value is -3.12. The highest BCUT2D eigenvalue weighted by molar-refractivity contribution is 5.95. The lowest BCUT2D eigenvalue weighted by Crippen LogP contribution is -2.20. The topological polar surface area (TPSA) is 88.4 Å². The number of para-hydroxylation sites is 1. The number of rotatable bonds is 13. The van der Waals surface area contributed by atoms with Crippen molar-refractivity contribution in [3.8, 4) is 0 Å². The van der Waals surface area contributed by atoms with Crippen LogP contribution in [-0.4, -0.2) is 27.0 Å². The van der Waals surface area contributed by atoms with Gasteiger partial charge in [-0.1, -0.05) is 45.0 Å².